The molecule has 0 atom stereocenters. The molecule has 1 aromatic heterocycles. The average molecular weight is 256 g/mol. The van der Waals surface area contributed by atoms with Crippen LogP contribution in [0, 0.1) is 11.3 Å². The highest BCUT2D eigenvalue weighted by molar-refractivity contribution is 5.46. The van der Waals surface area contributed by atoms with E-state index in [2.05, 4.69) is 21.8 Å². The van der Waals surface area contributed by atoms with Crippen LogP contribution in [0.2, 0.25) is 0 Å². The molecule has 0 fully saturated rings. The summed E-state index contributed by atoms with van der Waals surface area (Å²) in [7, 11) is 0. The highest BCUT2D eigenvalue weighted by Gasteiger charge is 2.00. The van der Waals surface area contributed by atoms with E-state index < -0.39 is 0 Å². The molecule has 0 aliphatic heterocycles. The minimum Gasteiger partial charge on any atom is -0.479 e. The van der Waals surface area contributed by atoms with Crippen LogP contribution >= 0.6 is 0 Å². The maximum atomic E-state index is 8.43. The Kier molecular flexibility index (Phi) is 4.40. The number of rotatable bonds is 6. The quantitative estimate of drug-likeness (QED) is 0.862. The van der Waals surface area contributed by atoms with Crippen molar-refractivity contribution < 1.29 is 4.74 Å². The molecule has 0 aliphatic carbocycles. The van der Waals surface area contributed by atoms with E-state index in [1.807, 2.05) is 42.9 Å². The molecule has 0 saturated heterocycles. The van der Waals surface area contributed by atoms with Gasteiger partial charge in [0.15, 0.2) is 6.61 Å². The molecule has 0 amide bonds. The number of aryl methyl sites for hydroxylation is 1. The number of nitriles is 1. The molecule has 2 rings (SSSR count). The average Bonchev–Trinajstić information content (AvgIpc) is 2.91. The zero-order valence-electron chi connectivity index (χ0n) is 10.8. The summed E-state index contributed by atoms with van der Waals surface area (Å²) < 4.78 is 7.29. The topological polar surface area (TPSA) is 62.9 Å². The molecule has 5 heteroatoms. The summed E-state index contributed by atoms with van der Waals surface area (Å²) in [6, 6.07) is 9.49. The predicted molar refractivity (Wildman–Crippen MR) is 72.8 cm³/mol. The van der Waals surface area contributed by atoms with Gasteiger partial charge in [-0.25, -0.2) is 4.98 Å². The van der Waals surface area contributed by atoms with Crippen LogP contribution in [0.4, 0.5) is 5.69 Å². The Balaban J connectivity index is 1.91. The van der Waals surface area contributed by atoms with Crippen molar-refractivity contribution in [1.82, 2.24) is 9.55 Å². The minimum absolute atomic E-state index is 0.0719. The number of anilines is 1. The highest BCUT2D eigenvalue weighted by atomic mass is 16.5. The SMILES string of the molecule is CCn1cncc1CNc1ccc(OCC#N)cc1. The minimum atomic E-state index is 0.0719. The van der Waals surface area contributed by atoms with Crippen molar-refractivity contribution in [2.75, 3.05) is 11.9 Å². The van der Waals surface area contributed by atoms with Gasteiger partial charge in [0, 0.05) is 18.4 Å². The van der Waals surface area contributed by atoms with Crippen LogP contribution in [0.25, 0.3) is 0 Å². The molecular weight excluding hydrogens is 240 g/mol. The smallest absolute Gasteiger partial charge is 0.174 e. The standard InChI is InChI=1S/C14H16N4O/c1-2-18-11-16-9-13(18)10-17-12-3-5-14(6-4-12)19-8-7-15/h3-6,9,11,17H,2,8,10H2,1H3. The number of ether oxygens (including phenoxy) is 1. The van der Waals surface area contributed by atoms with Gasteiger partial charge in [0.25, 0.3) is 0 Å². The van der Waals surface area contributed by atoms with Gasteiger partial charge < -0.3 is 14.6 Å². The first-order valence-electron chi connectivity index (χ1n) is 6.16. The van der Waals surface area contributed by atoms with Crippen molar-refractivity contribution in [1.29, 1.82) is 5.26 Å². The van der Waals surface area contributed by atoms with Gasteiger partial charge in [-0.15, -0.1) is 0 Å². The van der Waals surface area contributed by atoms with Crippen LogP contribution in [0.3, 0.4) is 0 Å². The number of imidazole rings is 1. The van der Waals surface area contributed by atoms with Gasteiger partial charge in [-0.05, 0) is 31.2 Å². The molecule has 1 heterocycles. The van der Waals surface area contributed by atoms with Crippen molar-refractivity contribution in [3.8, 4) is 11.8 Å². The number of benzene rings is 1. The lowest BCUT2D eigenvalue weighted by Crippen LogP contribution is -2.05. The normalized spacial score (nSPS) is 9.89. The van der Waals surface area contributed by atoms with Gasteiger partial charge in [-0.2, -0.15) is 5.26 Å². The molecular formula is C14H16N4O. The van der Waals surface area contributed by atoms with Crippen LogP contribution in [-0.2, 0) is 13.1 Å². The third-order valence-electron chi connectivity index (χ3n) is 2.77. The largest absolute Gasteiger partial charge is 0.479 e. The third-order valence-corrected chi connectivity index (χ3v) is 2.77. The van der Waals surface area contributed by atoms with E-state index >= 15 is 0 Å². The second-order valence-electron chi connectivity index (χ2n) is 4.00. The van der Waals surface area contributed by atoms with Gasteiger partial charge in [-0.3, -0.25) is 0 Å². The van der Waals surface area contributed by atoms with Crippen LogP contribution in [0.5, 0.6) is 5.75 Å². The van der Waals surface area contributed by atoms with Crippen molar-refractivity contribution in [2.45, 2.75) is 20.0 Å². The van der Waals surface area contributed by atoms with Gasteiger partial charge in [0.05, 0.1) is 18.6 Å². The summed E-state index contributed by atoms with van der Waals surface area (Å²) in [5, 5.41) is 11.7. The Morgan fingerprint density at radius 3 is 2.84 bits per heavy atom. The fraction of sp³-hybridized carbons (Fsp3) is 0.286. The molecule has 98 valence electrons. The van der Waals surface area contributed by atoms with E-state index in [0.29, 0.717) is 5.75 Å². The Bertz CT molecular complexity index is 554. The van der Waals surface area contributed by atoms with Gasteiger partial charge in [0.2, 0.25) is 0 Å². The van der Waals surface area contributed by atoms with Crippen LogP contribution in [-0.4, -0.2) is 16.2 Å². The van der Waals surface area contributed by atoms with E-state index in [1.165, 1.54) is 0 Å². The molecule has 2 aromatic rings. The summed E-state index contributed by atoms with van der Waals surface area (Å²) in [5.41, 5.74) is 2.15. The molecule has 0 unspecified atom stereocenters. The summed E-state index contributed by atoms with van der Waals surface area (Å²) in [6.07, 6.45) is 3.69. The molecule has 5 nitrogen and oxygen atoms in total. The van der Waals surface area contributed by atoms with Gasteiger partial charge in [-0.1, -0.05) is 0 Å². The van der Waals surface area contributed by atoms with Crippen LogP contribution in [0.1, 0.15) is 12.6 Å². The van der Waals surface area contributed by atoms with Crippen molar-refractivity contribution >= 4 is 5.69 Å². The van der Waals surface area contributed by atoms with Crippen molar-refractivity contribution in [2.24, 2.45) is 0 Å². The van der Waals surface area contributed by atoms with Crippen molar-refractivity contribution in [3.05, 3.63) is 42.5 Å². The molecule has 0 bridgehead atoms. The first-order valence-corrected chi connectivity index (χ1v) is 6.16. The number of hydrogen-bond donors (Lipinski definition) is 1. The fourth-order valence-corrected chi connectivity index (χ4v) is 1.76. The van der Waals surface area contributed by atoms with Crippen LogP contribution in [0.15, 0.2) is 36.8 Å². The molecule has 19 heavy (non-hydrogen) atoms. The summed E-state index contributed by atoms with van der Waals surface area (Å²) in [4.78, 5) is 4.13. The molecule has 0 saturated carbocycles. The van der Waals surface area contributed by atoms with Crippen LogP contribution < -0.4 is 10.1 Å². The Labute approximate surface area is 112 Å². The lowest BCUT2D eigenvalue weighted by molar-refractivity contribution is 0.368. The highest BCUT2D eigenvalue weighted by Crippen LogP contribution is 2.16. The molecule has 0 aliphatic rings. The second-order valence-corrected chi connectivity index (χ2v) is 4.00. The molecule has 0 radical (unpaired) electrons. The van der Waals surface area contributed by atoms with E-state index in [0.717, 1.165) is 24.5 Å². The maximum Gasteiger partial charge on any atom is 0.174 e. The lowest BCUT2D eigenvalue weighted by atomic mass is 10.3. The zero-order valence-corrected chi connectivity index (χ0v) is 10.8. The first-order chi connectivity index (χ1) is 9.33. The van der Waals surface area contributed by atoms with E-state index in [4.69, 9.17) is 10.00 Å². The number of hydrogen-bond acceptors (Lipinski definition) is 4. The Morgan fingerprint density at radius 2 is 2.16 bits per heavy atom. The van der Waals surface area contributed by atoms with Gasteiger partial charge in [0.1, 0.15) is 11.8 Å². The molecule has 1 aromatic carbocycles. The fourth-order valence-electron chi connectivity index (χ4n) is 1.76. The summed E-state index contributed by atoms with van der Waals surface area (Å²) >= 11 is 0. The Morgan fingerprint density at radius 1 is 1.37 bits per heavy atom. The summed E-state index contributed by atoms with van der Waals surface area (Å²) in [5.74, 6) is 0.700. The number of aromatic nitrogens is 2. The lowest BCUT2D eigenvalue weighted by Gasteiger charge is -2.09. The van der Waals surface area contributed by atoms with E-state index in [9.17, 15) is 0 Å². The van der Waals surface area contributed by atoms with Gasteiger partial charge >= 0.3 is 0 Å². The third kappa shape index (κ3) is 3.49. The molecule has 0 spiro atoms. The molecule has 1 N–H and O–H groups in total. The monoisotopic (exact) mass is 256 g/mol. The van der Waals surface area contributed by atoms with E-state index in [1.54, 1.807) is 0 Å². The maximum absolute atomic E-state index is 8.43. The second kappa shape index (κ2) is 6.45. The van der Waals surface area contributed by atoms with E-state index in [-0.39, 0.29) is 6.61 Å². The Hall–Kier alpha value is -2.48. The first kappa shape index (κ1) is 13.0. The zero-order chi connectivity index (χ0) is 13.5. The van der Waals surface area contributed by atoms with Crippen molar-refractivity contribution in [3.63, 3.8) is 0 Å². The number of nitrogens with zero attached hydrogens (tertiary/aromatic N) is 3. The number of nitrogens with one attached hydrogen (secondary N) is 1. The predicted octanol–water partition coefficient (Wildman–Crippen LogP) is 2.42. The summed E-state index contributed by atoms with van der Waals surface area (Å²) in [6.45, 7) is 3.80.